The highest BCUT2D eigenvalue weighted by atomic mass is 16.5. The number of carbonyl (C=O) groups excluding carboxylic acids is 1. The monoisotopic (exact) mass is 307 g/mol. The van der Waals surface area contributed by atoms with Crippen LogP contribution in [0, 0.1) is 5.92 Å². The summed E-state index contributed by atoms with van der Waals surface area (Å²) in [5.41, 5.74) is 1.07. The number of ether oxygens (including phenoxy) is 2. The van der Waals surface area contributed by atoms with Crippen molar-refractivity contribution in [3.63, 3.8) is 0 Å². The molecule has 0 bridgehead atoms. The fourth-order valence-electron chi connectivity index (χ4n) is 2.93. The standard InChI is InChI=1S/C17H25NO4/c1-12(13-4-6-15(22-3)7-5-13)18-11-14(10-17(18)20)16(19)8-9-21-2/h4-7,12,14,16,19H,8-11H2,1-3H3. The number of aliphatic hydroxyl groups is 1. The minimum atomic E-state index is -0.489. The molecule has 5 heteroatoms. The second kappa shape index (κ2) is 7.61. The van der Waals surface area contributed by atoms with E-state index in [0.29, 0.717) is 26.0 Å². The van der Waals surface area contributed by atoms with Gasteiger partial charge in [0.1, 0.15) is 5.75 Å². The van der Waals surface area contributed by atoms with Crippen molar-refractivity contribution in [3.8, 4) is 5.75 Å². The Morgan fingerprint density at radius 2 is 2.00 bits per heavy atom. The maximum atomic E-state index is 12.3. The number of likely N-dealkylation sites (tertiary alicyclic amines) is 1. The van der Waals surface area contributed by atoms with Crippen molar-refractivity contribution >= 4 is 5.91 Å². The average Bonchev–Trinajstić information content (AvgIpc) is 2.94. The Kier molecular flexibility index (Phi) is 5.80. The van der Waals surface area contributed by atoms with Crippen LogP contribution in [0.4, 0.5) is 0 Å². The Labute approximate surface area is 131 Å². The number of nitrogens with zero attached hydrogens (tertiary/aromatic N) is 1. The summed E-state index contributed by atoms with van der Waals surface area (Å²) < 4.78 is 10.2. The number of methoxy groups -OCH3 is 2. The van der Waals surface area contributed by atoms with Gasteiger partial charge in [0.2, 0.25) is 5.91 Å². The van der Waals surface area contributed by atoms with Crippen molar-refractivity contribution < 1.29 is 19.4 Å². The molecule has 3 atom stereocenters. The number of hydrogen-bond acceptors (Lipinski definition) is 4. The average molecular weight is 307 g/mol. The molecular formula is C17H25NO4. The van der Waals surface area contributed by atoms with Crippen molar-refractivity contribution in [2.45, 2.75) is 31.9 Å². The van der Waals surface area contributed by atoms with E-state index in [1.165, 1.54) is 0 Å². The Bertz CT molecular complexity index is 488. The zero-order valence-corrected chi connectivity index (χ0v) is 13.5. The minimum Gasteiger partial charge on any atom is -0.497 e. The molecule has 0 spiro atoms. The minimum absolute atomic E-state index is 0.00182. The second-order valence-corrected chi connectivity index (χ2v) is 5.81. The molecule has 122 valence electrons. The van der Waals surface area contributed by atoms with E-state index < -0.39 is 6.10 Å². The molecule has 1 amide bonds. The van der Waals surface area contributed by atoms with Crippen LogP contribution in [0.25, 0.3) is 0 Å². The predicted octanol–water partition coefficient (Wildman–Crippen LogP) is 2.00. The first kappa shape index (κ1) is 16.8. The quantitative estimate of drug-likeness (QED) is 0.837. The lowest BCUT2D eigenvalue weighted by molar-refractivity contribution is -0.129. The molecule has 1 aliphatic rings. The van der Waals surface area contributed by atoms with Crippen LogP contribution in [0.2, 0.25) is 0 Å². The first-order chi connectivity index (χ1) is 10.6. The molecule has 1 aliphatic heterocycles. The van der Waals surface area contributed by atoms with Crippen LogP contribution in [0.1, 0.15) is 31.4 Å². The van der Waals surface area contributed by atoms with E-state index in [4.69, 9.17) is 9.47 Å². The highest BCUT2D eigenvalue weighted by Gasteiger charge is 2.36. The summed E-state index contributed by atoms with van der Waals surface area (Å²) in [7, 11) is 3.25. The van der Waals surface area contributed by atoms with Gasteiger partial charge in [-0.15, -0.1) is 0 Å². The van der Waals surface area contributed by atoms with Gasteiger partial charge < -0.3 is 19.5 Å². The number of rotatable bonds is 7. The summed E-state index contributed by atoms with van der Waals surface area (Å²) in [4.78, 5) is 14.1. The van der Waals surface area contributed by atoms with Gasteiger partial charge in [-0.25, -0.2) is 0 Å². The van der Waals surface area contributed by atoms with E-state index in [1.54, 1.807) is 14.2 Å². The van der Waals surface area contributed by atoms with Crippen LogP contribution < -0.4 is 4.74 Å². The number of carbonyl (C=O) groups is 1. The van der Waals surface area contributed by atoms with Gasteiger partial charge in [0, 0.05) is 32.6 Å². The number of hydrogen-bond donors (Lipinski definition) is 1. The highest BCUT2D eigenvalue weighted by Crippen LogP contribution is 2.31. The lowest BCUT2D eigenvalue weighted by Crippen LogP contribution is -2.30. The molecule has 0 aromatic heterocycles. The van der Waals surface area contributed by atoms with Crippen molar-refractivity contribution in [1.82, 2.24) is 4.90 Å². The lowest BCUT2D eigenvalue weighted by atomic mass is 9.99. The van der Waals surface area contributed by atoms with Gasteiger partial charge in [0.15, 0.2) is 0 Å². The third-order valence-electron chi connectivity index (χ3n) is 4.42. The van der Waals surface area contributed by atoms with Crippen LogP contribution in [-0.4, -0.2) is 49.4 Å². The zero-order chi connectivity index (χ0) is 16.1. The van der Waals surface area contributed by atoms with Crippen LogP contribution >= 0.6 is 0 Å². The number of amides is 1. The lowest BCUT2D eigenvalue weighted by Gasteiger charge is -2.26. The third kappa shape index (κ3) is 3.78. The Morgan fingerprint density at radius 1 is 1.32 bits per heavy atom. The van der Waals surface area contributed by atoms with E-state index in [1.807, 2.05) is 36.1 Å². The maximum absolute atomic E-state index is 12.3. The normalized spacial score (nSPS) is 21.0. The molecule has 0 saturated carbocycles. The Balaban J connectivity index is 2.00. The number of aliphatic hydroxyl groups excluding tert-OH is 1. The summed E-state index contributed by atoms with van der Waals surface area (Å²) >= 11 is 0. The van der Waals surface area contributed by atoms with Gasteiger partial charge in [-0.3, -0.25) is 4.79 Å². The maximum Gasteiger partial charge on any atom is 0.223 e. The molecule has 2 rings (SSSR count). The largest absolute Gasteiger partial charge is 0.497 e. The molecule has 1 N–H and O–H groups in total. The van der Waals surface area contributed by atoms with Gasteiger partial charge in [0.25, 0.3) is 0 Å². The highest BCUT2D eigenvalue weighted by molar-refractivity contribution is 5.79. The van der Waals surface area contributed by atoms with Crippen LogP contribution in [0.15, 0.2) is 24.3 Å². The van der Waals surface area contributed by atoms with E-state index >= 15 is 0 Å². The SMILES string of the molecule is COCCC(O)C1CC(=O)N(C(C)c2ccc(OC)cc2)C1. The Hall–Kier alpha value is -1.59. The van der Waals surface area contributed by atoms with Crippen molar-refractivity contribution in [3.05, 3.63) is 29.8 Å². The van der Waals surface area contributed by atoms with E-state index in [9.17, 15) is 9.90 Å². The van der Waals surface area contributed by atoms with Crippen molar-refractivity contribution in [1.29, 1.82) is 0 Å². The molecular weight excluding hydrogens is 282 g/mol. The van der Waals surface area contributed by atoms with Crippen LogP contribution in [-0.2, 0) is 9.53 Å². The van der Waals surface area contributed by atoms with Gasteiger partial charge >= 0.3 is 0 Å². The molecule has 1 aromatic rings. The van der Waals surface area contributed by atoms with E-state index in [2.05, 4.69) is 0 Å². The molecule has 3 unspecified atom stereocenters. The number of benzene rings is 1. The molecule has 22 heavy (non-hydrogen) atoms. The third-order valence-corrected chi connectivity index (χ3v) is 4.42. The Morgan fingerprint density at radius 3 is 2.59 bits per heavy atom. The topological polar surface area (TPSA) is 59.0 Å². The van der Waals surface area contributed by atoms with Gasteiger partial charge in [-0.05, 0) is 31.0 Å². The molecule has 1 fully saturated rings. The predicted molar refractivity (Wildman–Crippen MR) is 83.7 cm³/mol. The van der Waals surface area contributed by atoms with Crippen LogP contribution in [0.5, 0.6) is 5.75 Å². The molecule has 0 radical (unpaired) electrons. The molecule has 0 aliphatic carbocycles. The first-order valence-corrected chi connectivity index (χ1v) is 7.67. The fraction of sp³-hybridized carbons (Fsp3) is 0.588. The summed E-state index contributed by atoms with van der Waals surface area (Å²) in [6.45, 7) is 3.13. The summed E-state index contributed by atoms with van der Waals surface area (Å²) in [5, 5.41) is 10.2. The van der Waals surface area contributed by atoms with E-state index in [0.717, 1.165) is 11.3 Å². The smallest absolute Gasteiger partial charge is 0.223 e. The van der Waals surface area contributed by atoms with Gasteiger partial charge in [0.05, 0.1) is 19.3 Å². The fourth-order valence-corrected chi connectivity index (χ4v) is 2.93. The summed E-state index contributed by atoms with van der Waals surface area (Å²) in [5.74, 6) is 0.893. The molecule has 1 saturated heterocycles. The van der Waals surface area contributed by atoms with Crippen molar-refractivity contribution in [2.24, 2.45) is 5.92 Å². The van der Waals surface area contributed by atoms with Gasteiger partial charge in [-0.2, -0.15) is 0 Å². The van der Waals surface area contributed by atoms with Crippen LogP contribution in [0.3, 0.4) is 0 Å². The first-order valence-electron chi connectivity index (χ1n) is 7.67. The second-order valence-electron chi connectivity index (χ2n) is 5.81. The van der Waals surface area contributed by atoms with E-state index in [-0.39, 0.29) is 17.9 Å². The van der Waals surface area contributed by atoms with Gasteiger partial charge in [-0.1, -0.05) is 12.1 Å². The molecule has 1 aromatic carbocycles. The molecule has 1 heterocycles. The van der Waals surface area contributed by atoms with Crippen molar-refractivity contribution in [2.75, 3.05) is 27.4 Å². The molecule has 5 nitrogen and oxygen atoms in total. The zero-order valence-electron chi connectivity index (χ0n) is 13.5. The summed E-state index contributed by atoms with van der Waals surface area (Å²) in [6, 6.07) is 7.75. The summed E-state index contributed by atoms with van der Waals surface area (Å²) in [6.07, 6.45) is 0.488.